The smallest absolute Gasteiger partial charge is 0.416 e. The number of anilines is 2. The summed E-state index contributed by atoms with van der Waals surface area (Å²) in [5.41, 5.74) is 0.752. The fraction of sp³-hybridized carbons (Fsp3) is 0.462. The quantitative estimate of drug-likeness (QED) is 0.264. The Morgan fingerprint density at radius 1 is 1.08 bits per heavy atom. The van der Waals surface area contributed by atoms with Crippen molar-refractivity contribution in [1.82, 2.24) is 15.0 Å². The van der Waals surface area contributed by atoms with Crippen LogP contribution in [0.5, 0.6) is 0 Å². The van der Waals surface area contributed by atoms with E-state index in [0.717, 1.165) is 80.2 Å². The fourth-order valence-corrected chi connectivity index (χ4v) is 5.33. The van der Waals surface area contributed by atoms with Crippen LogP contribution in [0.2, 0.25) is 0 Å². The minimum atomic E-state index is -4.48. The van der Waals surface area contributed by atoms with Gasteiger partial charge in [-0.3, -0.25) is 4.79 Å². The molecule has 0 aromatic carbocycles. The fourth-order valence-electron chi connectivity index (χ4n) is 4.47. The molecule has 0 amide bonds. The number of rotatable bonds is 7. The van der Waals surface area contributed by atoms with Gasteiger partial charge in [0.2, 0.25) is 0 Å². The maximum absolute atomic E-state index is 13.1. The van der Waals surface area contributed by atoms with E-state index in [1.165, 1.54) is 6.92 Å². The van der Waals surface area contributed by atoms with Crippen LogP contribution < -0.4 is 5.32 Å². The number of carbonyl (C=O) groups is 1. The Kier molecular flexibility index (Phi) is 6.93. The molecule has 0 saturated heterocycles. The summed E-state index contributed by atoms with van der Waals surface area (Å²) >= 11 is 1.15. The van der Waals surface area contributed by atoms with E-state index in [1.54, 1.807) is 6.20 Å². The summed E-state index contributed by atoms with van der Waals surface area (Å²) in [5.74, 6) is -1.77. The molecule has 0 bridgehead atoms. The second-order valence-corrected chi connectivity index (χ2v) is 10.8. The topological polar surface area (TPSA) is 97.2 Å². The molecular formula is C26H27F3N4O3S. The lowest BCUT2D eigenvalue weighted by Gasteiger charge is -2.26. The number of aliphatic hydroxyl groups is 1. The Hall–Kier alpha value is -3.05. The molecular weight excluding hydrogens is 505 g/mol. The van der Waals surface area contributed by atoms with Crippen molar-refractivity contribution in [3.63, 3.8) is 0 Å². The molecule has 2 fully saturated rings. The zero-order chi connectivity index (χ0) is 26.2. The Morgan fingerprint density at radius 2 is 1.84 bits per heavy atom. The number of nitrogens with zero attached hydrogens (tertiary/aromatic N) is 3. The van der Waals surface area contributed by atoms with E-state index in [-0.39, 0.29) is 16.7 Å². The van der Waals surface area contributed by atoms with Gasteiger partial charge in [0, 0.05) is 19.3 Å². The van der Waals surface area contributed by atoms with Crippen LogP contribution >= 0.6 is 11.3 Å². The van der Waals surface area contributed by atoms with Crippen molar-refractivity contribution in [1.29, 1.82) is 0 Å². The number of carbonyl (C=O) groups excluding carboxylic acids is 1. The second-order valence-electron chi connectivity index (χ2n) is 9.77. The zero-order valence-electron chi connectivity index (χ0n) is 20.2. The van der Waals surface area contributed by atoms with Crippen molar-refractivity contribution in [3.05, 3.63) is 52.8 Å². The molecule has 37 heavy (non-hydrogen) atoms. The van der Waals surface area contributed by atoms with Crippen molar-refractivity contribution in [2.24, 2.45) is 5.92 Å². The van der Waals surface area contributed by atoms with Crippen LogP contribution in [0.3, 0.4) is 0 Å². The van der Waals surface area contributed by atoms with Crippen LogP contribution in [0.25, 0.3) is 10.6 Å². The van der Waals surface area contributed by atoms with E-state index >= 15 is 0 Å². The number of hydrogen-bond donors (Lipinski definition) is 2. The third kappa shape index (κ3) is 6.10. The number of hydrogen-bond acceptors (Lipinski definition) is 8. The molecule has 0 aliphatic heterocycles. The van der Waals surface area contributed by atoms with Gasteiger partial charge in [-0.2, -0.15) is 13.2 Å². The van der Waals surface area contributed by atoms with Gasteiger partial charge in [-0.25, -0.2) is 15.0 Å². The number of pyridine rings is 2. The average molecular weight is 533 g/mol. The summed E-state index contributed by atoms with van der Waals surface area (Å²) in [7, 11) is 0. The highest BCUT2D eigenvalue weighted by molar-refractivity contribution is 7.15. The molecule has 2 aliphatic rings. The summed E-state index contributed by atoms with van der Waals surface area (Å²) in [5, 5.41) is 14.0. The molecule has 5 rings (SSSR count). The van der Waals surface area contributed by atoms with Gasteiger partial charge in [0.25, 0.3) is 5.79 Å². The van der Waals surface area contributed by atoms with Crippen molar-refractivity contribution in [2.75, 3.05) is 5.32 Å². The Bertz CT molecular complexity index is 1280. The van der Waals surface area contributed by atoms with Gasteiger partial charge in [0.15, 0.2) is 5.01 Å². The zero-order valence-corrected chi connectivity index (χ0v) is 21.0. The Morgan fingerprint density at radius 3 is 2.54 bits per heavy atom. The summed E-state index contributed by atoms with van der Waals surface area (Å²) < 4.78 is 44.8. The molecule has 3 aromatic rings. The molecule has 1 atom stereocenters. The molecule has 1 unspecified atom stereocenters. The second kappa shape index (κ2) is 10.0. The van der Waals surface area contributed by atoms with Crippen molar-refractivity contribution < 1.29 is 27.8 Å². The van der Waals surface area contributed by atoms with Crippen LogP contribution in [-0.4, -0.2) is 26.0 Å². The summed E-state index contributed by atoms with van der Waals surface area (Å²) in [6, 6.07) is 5.58. The predicted molar refractivity (Wildman–Crippen MR) is 132 cm³/mol. The first-order valence-corrected chi connectivity index (χ1v) is 13.1. The Balaban J connectivity index is 1.38. The molecule has 0 radical (unpaired) electrons. The lowest BCUT2D eigenvalue weighted by molar-refractivity contribution is -0.212. The van der Waals surface area contributed by atoms with E-state index in [9.17, 15) is 23.1 Å². The largest absolute Gasteiger partial charge is 0.426 e. The van der Waals surface area contributed by atoms with Crippen LogP contribution in [-0.2, 0) is 21.5 Å². The van der Waals surface area contributed by atoms with E-state index in [4.69, 9.17) is 4.74 Å². The molecule has 2 N–H and O–H groups in total. The molecule has 11 heteroatoms. The normalized spacial score (nSPS) is 18.3. The highest BCUT2D eigenvalue weighted by atomic mass is 32.1. The minimum absolute atomic E-state index is 0.0313. The van der Waals surface area contributed by atoms with E-state index in [2.05, 4.69) is 20.3 Å². The van der Waals surface area contributed by atoms with Gasteiger partial charge >= 0.3 is 12.1 Å². The van der Waals surface area contributed by atoms with Crippen LogP contribution in [0, 0.1) is 5.92 Å². The van der Waals surface area contributed by atoms with Crippen molar-refractivity contribution in [3.8, 4) is 10.6 Å². The number of nitrogens with one attached hydrogen (secondary N) is 1. The lowest BCUT2D eigenvalue weighted by Crippen LogP contribution is -2.32. The summed E-state index contributed by atoms with van der Waals surface area (Å²) in [6.45, 7) is 1.40. The third-order valence-corrected chi connectivity index (χ3v) is 7.84. The monoisotopic (exact) mass is 532 g/mol. The van der Waals surface area contributed by atoms with Gasteiger partial charge in [0.1, 0.15) is 11.6 Å². The summed E-state index contributed by atoms with van der Waals surface area (Å²) in [6.07, 6.45) is 4.76. The van der Waals surface area contributed by atoms with Gasteiger partial charge < -0.3 is 15.2 Å². The predicted octanol–water partition coefficient (Wildman–Crippen LogP) is 6.53. The van der Waals surface area contributed by atoms with E-state index in [1.807, 2.05) is 12.1 Å². The van der Waals surface area contributed by atoms with Crippen LogP contribution in [0.4, 0.5) is 24.8 Å². The molecule has 196 valence electrons. The number of esters is 1. The summed E-state index contributed by atoms with van der Waals surface area (Å²) in [4.78, 5) is 26.1. The highest BCUT2D eigenvalue weighted by Crippen LogP contribution is 2.43. The molecule has 7 nitrogen and oxygen atoms in total. The van der Waals surface area contributed by atoms with Crippen molar-refractivity contribution in [2.45, 2.75) is 69.8 Å². The van der Waals surface area contributed by atoms with Gasteiger partial charge in [-0.15, -0.1) is 11.3 Å². The first-order valence-electron chi connectivity index (χ1n) is 12.3. The maximum atomic E-state index is 13.1. The molecule has 2 saturated carbocycles. The standard InChI is InChI=1S/C26H27F3N4O3S/c1-25(35,36-23(34)16-5-3-2-4-6-16)24-31-14-20(37-24)19-11-17(15-7-8-15)12-22(32-19)33-21-13-18(9-10-30-21)26(27,28)29/h9-16,35H,2-8H2,1H3,(H,30,32,33). The lowest BCUT2D eigenvalue weighted by atomic mass is 9.89. The van der Waals surface area contributed by atoms with Crippen LogP contribution in [0.15, 0.2) is 36.7 Å². The third-order valence-electron chi connectivity index (χ3n) is 6.63. The van der Waals surface area contributed by atoms with Gasteiger partial charge in [-0.05, 0) is 61.4 Å². The number of aromatic nitrogens is 3. The number of halogens is 3. The first kappa shape index (κ1) is 25.6. The first-order chi connectivity index (χ1) is 17.6. The van der Waals surface area contributed by atoms with Gasteiger partial charge in [-0.1, -0.05) is 19.3 Å². The van der Waals surface area contributed by atoms with Crippen LogP contribution in [0.1, 0.15) is 73.9 Å². The Labute approximate surface area is 216 Å². The molecule has 0 spiro atoms. The van der Waals surface area contributed by atoms with Crippen molar-refractivity contribution >= 4 is 28.9 Å². The maximum Gasteiger partial charge on any atom is 0.416 e. The SMILES string of the molecule is CC(O)(OC(=O)C1CCCCC1)c1ncc(-c2cc(C3CC3)cc(Nc3cc(C(F)(F)F)ccn3)n2)s1. The number of thiazole rings is 1. The highest BCUT2D eigenvalue weighted by Gasteiger charge is 2.35. The van der Waals surface area contributed by atoms with E-state index < -0.39 is 23.5 Å². The van der Waals surface area contributed by atoms with Gasteiger partial charge in [0.05, 0.1) is 22.1 Å². The molecule has 2 aliphatic carbocycles. The molecule has 3 aromatic heterocycles. The number of ether oxygens (including phenoxy) is 1. The average Bonchev–Trinajstić information content (AvgIpc) is 3.59. The minimum Gasteiger partial charge on any atom is -0.426 e. The number of alkyl halides is 3. The van der Waals surface area contributed by atoms with E-state index in [0.29, 0.717) is 22.3 Å². The molecule has 3 heterocycles.